The van der Waals surface area contributed by atoms with Crippen LogP contribution in [-0.4, -0.2) is 22.7 Å². The molecule has 38 heavy (non-hydrogen) atoms. The lowest BCUT2D eigenvalue weighted by Crippen LogP contribution is -2.32. The molecule has 1 aliphatic rings. The third kappa shape index (κ3) is 5.16. The molecule has 0 unspecified atom stereocenters. The number of hydrogen-bond donors (Lipinski definition) is 2. The zero-order valence-electron chi connectivity index (χ0n) is 19.6. The van der Waals surface area contributed by atoms with Gasteiger partial charge in [0.05, 0.1) is 16.4 Å². The van der Waals surface area contributed by atoms with Crippen molar-refractivity contribution in [2.75, 3.05) is 15.5 Å². The summed E-state index contributed by atoms with van der Waals surface area (Å²) in [4.78, 5) is 44.1. The second-order valence-electron chi connectivity index (χ2n) is 8.29. The van der Waals surface area contributed by atoms with Crippen molar-refractivity contribution >= 4 is 80.4 Å². The van der Waals surface area contributed by atoms with Crippen LogP contribution in [0.15, 0.2) is 82.8 Å². The molecule has 0 radical (unpaired) electrons. The van der Waals surface area contributed by atoms with E-state index in [0.29, 0.717) is 43.4 Å². The molecule has 3 amide bonds. The Morgan fingerprint density at radius 2 is 1.71 bits per heavy atom. The van der Waals surface area contributed by atoms with E-state index in [1.54, 1.807) is 72.1 Å². The van der Waals surface area contributed by atoms with E-state index in [9.17, 15) is 14.4 Å². The van der Waals surface area contributed by atoms with E-state index in [-0.39, 0.29) is 10.7 Å². The highest BCUT2D eigenvalue weighted by Gasteiger charge is 2.39. The third-order valence-electron chi connectivity index (χ3n) is 5.65. The molecule has 1 aromatic heterocycles. The van der Waals surface area contributed by atoms with Crippen LogP contribution in [0.1, 0.15) is 15.9 Å². The molecule has 0 saturated heterocycles. The molecule has 190 valence electrons. The number of hydrogen-bond acceptors (Lipinski definition) is 6. The van der Waals surface area contributed by atoms with E-state index >= 15 is 0 Å². The predicted molar refractivity (Wildman–Crippen MR) is 152 cm³/mol. The number of carbonyl (C=O) groups is 3. The van der Waals surface area contributed by atoms with Crippen molar-refractivity contribution in [2.45, 2.75) is 6.92 Å². The highest BCUT2D eigenvalue weighted by molar-refractivity contribution is 7.14. The van der Waals surface area contributed by atoms with E-state index < -0.39 is 17.7 Å². The van der Waals surface area contributed by atoms with Gasteiger partial charge in [-0.2, -0.15) is 0 Å². The molecule has 0 saturated carbocycles. The number of halogens is 3. The van der Waals surface area contributed by atoms with E-state index in [1.165, 1.54) is 11.3 Å². The van der Waals surface area contributed by atoms with Crippen LogP contribution in [0.4, 0.5) is 16.5 Å². The summed E-state index contributed by atoms with van der Waals surface area (Å²) < 4.78 is 0. The fourth-order valence-electron chi connectivity index (χ4n) is 3.74. The first-order valence-electron chi connectivity index (χ1n) is 11.2. The smallest absolute Gasteiger partial charge is 0.283 e. The molecule has 7 nitrogen and oxygen atoms in total. The second kappa shape index (κ2) is 10.6. The summed E-state index contributed by atoms with van der Waals surface area (Å²) in [5.74, 6) is -1.63. The molecule has 0 bridgehead atoms. The first-order valence-corrected chi connectivity index (χ1v) is 13.2. The van der Waals surface area contributed by atoms with Gasteiger partial charge in [-0.15, -0.1) is 11.3 Å². The maximum Gasteiger partial charge on any atom is 0.283 e. The van der Waals surface area contributed by atoms with Crippen LogP contribution >= 0.6 is 46.1 Å². The largest absolute Gasteiger partial charge is 0.350 e. The molecule has 0 atom stereocenters. The van der Waals surface area contributed by atoms with E-state index in [0.717, 1.165) is 10.5 Å². The van der Waals surface area contributed by atoms with Gasteiger partial charge in [-0.25, -0.2) is 9.88 Å². The van der Waals surface area contributed by atoms with Crippen molar-refractivity contribution in [1.82, 2.24) is 4.98 Å². The Hall–Kier alpha value is -3.69. The Kier molecular flexibility index (Phi) is 7.23. The van der Waals surface area contributed by atoms with Crippen LogP contribution in [0.2, 0.25) is 10.0 Å². The molecule has 4 aromatic rings. The Labute approximate surface area is 236 Å². The molecule has 11 heteroatoms. The molecule has 0 aliphatic carbocycles. The Morgan fingerprint density at radius 3 is 2.45 bits per heavy atom. The molecule has 0 spiro atoms. The molecular formula is C27H17Cl3N4O3S. The highest BCUT2D eigenvalue weighted by atomic mass is 35.5. The normalized spacial score (nSPS) is 13.3. The fraction of sp³-hybridized carbons (Fsp3) is 0.0370. The maximum absolute atomic E-state index is 13.0. The number of nitrogens with one attached hydrogen (secondary N) is 2. The van der Waals surface area contributed by atoms with Crippen molar-refractivity contribution < 1.29 is 14.4 Å². The quantitative estimate of drug-likeness (QED) is 0.236. The van der Waals surface area contributed by atoms with Crippen LogP contribution in [0, 0.1) is 6.92 Å². The topological polar surface area (TPSA) is 91.4 Å². The summed E-state index contributed by atoms with van der Waals surface area (Å²) in [6.07, 6.45) is 0. The molecule has 0 fully saturated rings. The van der Waals surface area contributed by atoms with Gasteiger partial charge in [0.1, 0.15) is 10.7 Å². The van der Waals surface area contributed by atoms with Crippen LogP contribution in [-0.2, 0) is 9.59 Å². The Bertz CT molecular complexity index is 1630. The van der Waals surface area contributed by atoms with Gasteiger partial charge in [-0.05, 0) is 55.5 Å². The summed E-state index contributed by atoms with van der Waals surface area (Å²) in [6.45, 7) is 1.90. The minimum atomic E-state index is -0.628. The first kappa shape index (κ1) is 25.9. The van der Waals surface area contributed by atoms with Gasteiger partial charge in [0, 0.05) is 27.2 Å². The number of amides is 3. The molecular weight excluding hydrogens is 567 g/mol. The average molecular weight is 584 g/mol. The summed E-state index contributed by atoms with van der Waals surface area (Å²) in [6, 6.07) is 18.5. The SMILES string of the molecule is Cc1ccc(N2C(=O)C(Cl)=C(Nc3cccc(C(=O)Nc4nc(-c5ccc(Cl)cc5Cl)cs4)c3)C2=O)cc1. The van der Waals surface area contributed by atoms with Gasteiger partial charge in [0.15, 0.2) is 5.13 Å². The summed E-state index contributed by atoms with van der Waals surface area (Å²) in [7, 11) is 0. The van der Waals surface area contributed by atoms with Gasteiger partial charge >= 0.3 is 0 Å². The minimum absolute atomic E-state index is 0.0702. The summed E-state index contributed by atoms with van der Waals surface area (Å²) in [5.41, 5.74) is 3.34. The van der Waals surface area contributed by atoms with Crippen molar-refractivity contribution in [1.29, 1.82) is 0 Å². The highest BCUT2D eigenvalue weighted by Crippen LogP contribution is 2.33. The number of anilines is 3. The average Bonchev–Trinajstić information content (AvgIpc) is 3.43. The molecule has 1 aliphatic heterocycles. The van der Waals surface area contributed by atoms with Crippen molar-refractivity contribution in [2.24, 2.45) is 0 Å². The van der Waals surface area contributed by atoms with Crippen LogP contribution in [0.3, 0.4) is 0 Å². The van der Waals surface area contributed by atoms with Gasteiger partial charge in [-0.3, -0.25) is 19.7 Å². The maximum atomic E-state index is 13.0. The molecule has 2 heterocycles. The summed E-state index contributed by atoms with van der Waals surface area (Å²) in [5, 5.41) is 8.55. The Balaban J connectivity index is 1.31. The van der Waals surface area contributed by atoms with E-state index in [2.05, 4.69) is 15.6 Å². The van der Waals surface area contributed by atoms with Crippen LogP contribution < -0.4 is 15.5 Å². The van der Waals surface area contributed by atoms with E-state index in [4.69, 9.17) is 34.8 Å². The van der Waals surface area contributed by atoms with Crippen molar-refractivity contribution in [3.8, 4) is 11.3 Å². The van der Waals surface area contributed by atoms with Gasteiger partial charge < -0.3 is 5.32 Å². The van der Waals surface area contributed by atoms with Crippen LogP contribution in [0.5, 0.6) is 0 Å². The summed E-state index contributed by atoms with van der Waals surface area (Å²) >= 11 is 19.7. The third-order valence-corrected chi connectivity index (χ3v) is 7.30. The van der Waals surface area contributed by atoms with Crippen molar-refractivity contribution in [3.05, 3.63) is 104 Å². The first-order chi connectivity index (χ1) is 18.2. The number of carbonyl (C=O) groups excluding carboxylic acids is 3. The lowest BCUT2D eigenvalue weighted by Gasteiger charge is -2.15. The van der Waals surface area contributed by atoms with E-state index in [1.807, 2.05) is 6.92 Å². The lowest BCUT2D eigenvalue weighted by atomic mass is 10.2. The standard InChI is InChI=1S/C27H17Cl3N4O3S/c1-14-5-8-18(9-6-14)34-25(36)22(30)23(26(34)37)31-17-4-2-3-15(11-17)24(35)33-27-32-21(13-38-27)19-10-7-16(28)12-20(19)29/h2-13,31H,1H3,(H,32,33,35). The Morgan fingerprint density at radius 1 is 0.947 bits per heavy atom. The number of benzene rings is 3. The lowest BCUT2D eigenvalue weighted by molar-refractivity contribution is -0.120. The van der Waals surface area contributed by atoms with Crippen LogP contribution in [0.25, 0.3) is 11.3 Å². The zero-order valence-corrected chi connectivity index (χ0v) is 22.7. The monoisotopic (exact) mass is 582 g/mol. The van der Waals surface area contributed by atoms with Gasteiger partial charge in [0.25, 0.3) is 17.7 Å². The zero-order chi connectivity index (χ0) is 27.0. The van der Waals surface area contributed by atoms with Gasteiger partial charge in [-0.1, -0.05) is 58.6 Å². The number of aromatic nitrogens is 1. The number of thiazole rings is 1. The predicted octanol–water partition coefficient (Wildman–Crippen LogP) is 7.11. The number of imide groups is 1. The minimum Gasteiger partial charge on any atom is -0.350 e. The number of nitrogens with zero attached hydrogens (tertiary/aromatic N) is 2. The molecule has 3 aromatic carbocycles. The molecule has 5 rings (SSSR count). The second-order valence-corrected chi connectivity index (χ2v) is 10.4. The van der Waals surface area contributed by atoms with Crippen molar-refractivity contribution in [3.63, 3.8) is 0 Å². The fourth-order valence-corrected chi connectivity index (χ4v) is 5.17. The van der Waals surface area contributed by atoms with Gasteiger partial charge in [0.2, 0.25) is 0 Å². The molecule has 2 N–H and O–H groups in total. The number of aryl methyl sites for hydroxylation is 1. The number of rotatable bonds is 6.